The second kappa shape index (κ2) is 8.50. The largest absolute Gasteiger partial charge is 0.392 e. The van der Waals surface area contributed by atoms with Crippen molar-refractivity contribution < 1.29 is 5.11 Å². The molecule has 0 aliphatic carbocycles. The van der Waals surface area contributed by atoms with Gasteiger partial charge in [-0.1, -0.05) is 13.8 Å². The van der Waals surface area contributed by atoms with Crippen LogP contribution in [0.15, 0.2) is 24.5 Å². The van der Waals surface area contributed by atoms with Crippen LogP contribution in [0.3, 0.4) is 0 Å². The molecule has 0 bridgehead atoms. The number of rotatable bonds is 6. The number of aliphatic hydroxyl groups excluding tert-OH is 1. The molecule has 1 aromatic heterocycles. The lowest BCUT2D eigenvalue weighted by molar-refractivity contribution is 0.146. The molecule has 16 heavy (non-hydrogen) atoms. The second-order valence-electron chi connectivity index (χ2n) is 4.27. The Balaban J connectivity index is 0.00000225. The van der Waals surface area contributed by atoms with Gasteiger partial charge in [0.25, 0.3) is 0 Å². The van der Waals surface area contributed by atoms with E-state index < -0.39 is 0 Å². The third-order valence-electron chi connectivity index (χ3n) is 2.20. The fourth-order valence-corrected chi connectivity index (χ4v) is 1.51. The van der Waals surface area contributed by atoms with E-state index in [0.717, 1.165) is 13.0 Å². The Morgan fingerprint density at radius 3 is 2.50 bits per heavy atom. The highest BCUT2D eigenvalue weighted by molar-refractivity contribution is 5.85. The minimum absolute atomic E-state index is 0. The van der Waals surface area contributed by atoms with E-state index in [1.165, 1.54) is 5.56 Å². The van der Waals surface area contributed by atoms with E-state index in [4.69, 9.17) is 0 Å². The van der Waals surface area contributed by atoms with E-state index in [-0.39, 0.29) is 18.5 Å². The highest BCUT2D eigenvalue weighted by Gasteiger charge is 2.05. The van der Waals surface area contributed by atoms with Gasteiger partial charge in [-0.15, -0.1) is 12.4 Å². The molecule has 0 radical (unpaired) electrons. The fraction of sp³-hybridized carbons (Fsp3) is 0.583. The van der Waals surface area contributed by atoms with Gasteiger partial charge in [0.05, 0.1) is 6.10 Å². The summed E-state index contributed by atoms with van der Waals surface area (Å²) in [6.45, 7) is 5.68. The van der Waals surface area contributed by atoms with Crippen LogP contribution in [-0.2, 0) is 6.54 Å². The first-order chi connectivity index (χ1) is 7.18. The summed E-state index contributed by atoms with van der Waals surface area (Å²) < 4.78 is 0. The maximum absolute atomic E-state index is 9.62. The molecule has 92 valence electrons. The monoisotopic (exact) mass is 244 g/mol. The molecule has 0 saturated heterocycles. The molecule has 1 heterocycles. The Kier molecular flexibility index (Phi) is 8.16. The summed E-state index contributed by atoms with van der Waals surface area (Å²) in [4.78, 5) is 3.95. The lowest BCUT2D eigenvalue weighted by atomic mass is 10.1. The van der Waals surface area contributed by atoms with Gasteiger partial charge in [0, 0.05) is 25.5 Å². The van der Waals surface area contributed by atoms with E-state index >= 15 is 0 Å². The predicted octanol–water partition coefficient (Wildman–Crippen LogP) is 2.00. The van der Waals surface area contributed by atoms with Crippen LogP contribution in [0.2, 0.25) is 0 Å². The maximum atomic E-state index is 9.62. The number of aliphatic hydroxyl groups is 1. The van der Waals surface area contributed by atoms with Gasteiger partial charge in [0.15, 0.2) is 0 Å². The van der Waals surface area contributed by atoms with Gasteiger partial charge in [-0.25, -0.2) is 0 Å². The Morgan fingerprint density at radius 1 is 1.31 bits per heavy atom. The summed E-state index contributed by atoms with van der Waals surface area (Å²) in [5.41, 5.74) is 1.20. The molecule has 1 unspecified atom stereocenters. The van der Waals surface area contributed by atoms with Gasteiger partial charge in [-0.3, -0.25) is 4.98 Å². The van der Waals surface area contributed by atoms with Crippen LogP contribution in [0, 0.1) is 5.92 Å². The van der Waals surface area contributed by atoms with Gasteiger partial charge < -0.3 is 10.4 Å². The zero-order valence-corrected chi connectivity index (χ0v) is 10.7. The van der Waals surface area contributed by atoms with E-state index in [1.54, 1.807) is 12.4 Å². The highest BCUT2D eigenvalue weighted by Crippen LogP contribution is 2.03. The minimum Gasteiger partial charge on any atom is -0.392 e. The molecule has 0 amide bonds. The van der Waals surface area contributed by atoms with E-state index in [2.05, 4.69) is 24.1 Å². The number of pyridine rings is 1. The smallest absolute Gasteiger partial charge is 0.0667 e. The second-order valence-corrected chi connectivity index (χ2v) is 4.27. The van der Waals surface area contributed by atoms with Crippen LogP contribution < -0.4 is 5.32 Å². The van der Waals surface area contributed by atoms with Gasteiger partial charge in [-0.2, -0.15) is 0 Å². The number of aromatic nitrogens is 1. The standard InChI is InChI=1S/C12H20N2O.ClH/c1-10(2)7-12(15)9-14-8-11-3-5-13-6-4-11;/h3-6,10,12,14-15H,7-9H2,1-2H3;1H. The van der Waals surface area contributed by atoms with Crippen LogP contribution in [0.4, 0.5) is 0 Å². The van der Waals surface area contributed by atoms with Crippen molar-refractivity contribution in [3.63, 3.8) is 0 Å². The maximum Gasteiger partial charge on any atom is 0.0667 e. The third kappa shape index (κ3) is 6.77. The molecule has 0 saturated carbocycles. The van der Waals surface area contributed by atoms with Crippen molar-refractivity contribution in [3.05, 3.63) is 30.1 Å². The number of hydrogen-bond donors (Lipinski definition) is 2. The molecular weight excluding hydrogens is 224 g/mol. The van der Waals surface area contributed by atoms with Gasteiger partial charge >= 0.3 is 0 Å². The number of nitrogens with one attached hydrogen (secondary N) is 1. The molecule has 0 aliphatic heterocycles. The SMILES string of the molecule is CC(C)CC(O)CNCc1ccncc1.Cl. The quantitative estimate of drug-likeness (QED) is 0.805. The first kappa shape index (κ1) is 15.4. The third-order valence-corrected chi connectivity index (χ3v) is 2.20. The number of hydrogen-bond acceptors (Lipinski definition) is 3. The number of halogens is 1. The van der Waals surface area contributed by atoms with E-state index in [9.17, 15) is 5.11 Å². The van der Waals surface area contributed by atoms with Crippen LogP contribution in [0.1, 0.15) is 25.8 Å². The average molecular weight is 245 g/mol. The summed E-state index contributed by atoms with van der Waals surface area (Å²) in [5.74, 6) is 0.544. The first-order valence-corrected chi connectivity index (χ1v) is 5.46. The van der Waals surface area contributed by atoms with Crippen LogP contribution in [0.5, 0.6) is 0 Å². The Hall–Kier alpha value is -0.640. The molecule has 0 aromatic carbocycles. The van der Waals surface area contributed by atoms with Crippen molar-refractivity contribution in [2.45, 2.75) is 32.9 Å². The summed E-state index contributed by atoms with van der Waals surface area (Å²) >= 11 is 0. The Bertz CT molecular complexity index is 267. The van der Waals surface area contributed by atoms with Crippen molar-refractivity contribution in [2.24, 2.45) is 5.92 Å². The van der Waals surface area contributed by atoms with Gasteiger partial charge in [0.1, 0.15) is 0 Å². The van der Waals surface area contributed by atoms with Crippen molar-refractivity contribution in [1.29, 1.82) is 0 Å². The molecule has 1 atom stereocenters. The van der Waals surface area contributed by atoms with Gasteiger partial charge in [-0.05, 0) is 30.0 Å². The molecule has 0 fully saturated rings. The summed E-state index contributed by atoms with van der Waals surface area (Å²) in [6, 6.07) is 3.95. The van der Waals surface area contributed by atoms with Crippen molar-refractivity contribution >= 4 is 12.4 Å². The molecule has 3 nitrogen and oxygen atoms in total. The van der Waals surface area contributed by atoms with E-state index in [0.29, 0.717) is 12.5 Å². The Morgan fingerprint density at radius 2 is 1.94 bits per heavy atom. The van der Waals surface area contributed by atoms with Crippen LogP contribution in [0.25, 0.3) is 0 Å². The lowest BCUT2D eigenvalue weighted by Gasteiger charge is -2.13. The normalized spacial score (nSPS) is 12.2. The summed E-state index contributed by atoms with van der Waals surface area (Å²) in [7, 11) is 0. The molecule has 2 N–H and O–H groups in total. The zero-order chi connectivity index (χ0) is 11.1. The molecule has 0 aliphatic rings. The lowest BCUT2D eigenvalue weighted by Crippen LogP contribution is -2.27. The summed E-state index contributed by atoms with van der Waals surface area (Å²) in [5, 5.41) is 12.9. The average Bonchev–Trinajstić information content (AvgIpc) is 2.18. The molecule has 1 rings (SSSR count). The summed E-state index contributed by atoms with van der Waals surface area (Å²) in [6.07, 6.45) is 4.17. The van der Waals surface area contributed by atoms with Gasteiger partial charge in [0.2, 0.25) is 0 Å². The fourth-order valence-electron chi connectivity index (χ4n) is 1.51. The number of nitrogens with zero attached hydrogens (tertiary/aromatic N) is 1. The Labute approximate surface area is 104 Å². The topological polar surface area (TPSA) is 45.1 Å². The molecule has 4 heteroatoms. The van der Waals surface area contributed by atoms with Crippen LogP contribution in [-0.4, -0.2) is 22.7 Å². The van der Waals surface area contributed by atoms with Crippen molar-refractivity contribution in [2.75, 3.05) is 6.54 Å². The van der Waals surface area contributed by atoms with Crippen molar-refractivity contribution in [3.8, 4) is 0 Å². The zero-order valence-electron chi connectivity index (χ0n) is 9.89. The molecule has 0 spiro atoms. The highest BCUT2D eigenvalue weighted by atomic mass is 35.5. The van der Waals surface area contributed by atoms with Crippen molar-refractivity contribution in [1.82, 2.24) is 10.3 Å². The van der Waals surface area contributed by atoms with Crippen LogP contribution >= 0.6 is 12.4 Å². The minimum atomic E-state index is -0.244. The first-order valence-electron chi connectivity index (χ1n) is 5.46. The predicted molar refractivity (Wildman–Crippen MR) is 68.7 cm³/mol. The molecule has 1 aromatic rings. The molecular formula is C12H21ClN2O. The van der Waals surface area contributed by atoms with E-state index in [1.807, 2.05) is 12.1 Å².